The average Bonchev–Trinajstić information content (AvgIpc) is 3.10. The van der Waals surface area contributed by atoms with Crippen molar-refractivity contribution >= 4 is 39.4 Å². The van der Waals surface area contributed by atoms with Crippen LogP contribution in [0.25, 0.3) is 0 Å². The molecule has 0 unspecified atom stereocenters. The Morgan fingerprint density at radius 1 is 1.53 bits per heavy atom. The Kier molecular flexibility index (Phi) is 3.19. The summed E-state index contributed by atoms with van der Waals surface area (Å²) in [6.45, 7) is 0. The molecule has 3 rings (SSSR count). The fourth-order valence-electron chi connectivity index (χ4n) is 1.76. The summed E-state index contributed by atoms with van der Waals surface area (Å²) < 4.78 is 9.99. The maximum absolute atomic E-state index is 12.2. The van der Waals surface area contributed by atoms with Gasteiger partial charge in [-0.1, -0.05) is 0 Å². The number of rotatable bonds is 3. The van der Waals surface area contributed by atoms with E-state index in [1.54, 1.807) is 10.8 Å². The van der Waals surface area contributed by atoms with E-state index in [9.17, 15) is 9.59 Å². The first kappa shape index (κ1) is 12.5. The second-order valence-electron chi connectivity index (χ2n) is 4.26. The van der Waals surface area contributed by atoms with Gasteiger partial charge < -0.3 is 9.88 Å². The second-order valence-corrected chi connectivity index (χ2v) is 5.73. The van der Waals surface area contributed by atoms with Crippen LogP contribution in [0.4, 0.5) is 5.82 Å². The SMILES string of the molecule is O=C(Nc1cnsn1)c1cc(Br)cn(C2CC2)c1=O. The summed E-state index contributed by atoms with van der Waals surface area (Å²) in [6.07, 6.45) is 5.13. The predicted molar refractivity (Wildman–Crippen MR) is 74.5 cm³/mol. The minimum atomic E-state index is -0.464. The van der Waals surface area contributed by atoms with Crippen LogP contribution in [0.1, 0.15) is 29.2 Å². The largest absolute Gasteiger partial charge is 0.311 e. The number of carbonyl (C=O) groups is 1. The van der Waals surface area contributed by atoms with E-state index in [2.05, 4.69) is 30.0 Å². The number of nitrogens with zero attached hydrogens (tertiary/aromatic N) is 3. The first-order chi connectivity index (χ1) is 9.15. The lowest BCUT2D eigenvalue weighted by Crippen LogP contribution is -2.28. The van der Waals surface area contributed by atoms with E-state index in [4.69, 9.17) is 0 Å². The van der Waals surface area contributed by atoms with Gasteiger partial charge in [0.15, 0.2) is 5.82 Å². The molecule has 98 valence electrons. The summed E-state index contributed by atoms with van der Waals surface area (Å²) in [4.78, 5) is 24.3. The Bertz CT molecular complexity index is 678. The van der Waals surface area contributed by atoms with Crippen LogP contribution < -0.4 is 10.9 Å². The molecule has 0 spiro atoms. The molecule has 0 aliphatic heterocycles. The Labute approximate surface area is 120 Å². The summed E-state index contributed by atoms with van der Waals surface area (Å²) in [7, 11) is 0. The molecular formula is C11H9BrN4O2S. The van der Waals surface area contributed by atoms with E-state index in [1.165, 1.54) is 12.3 Å². The molecule has 1 fully saturated rings. The molecule has 2 aromatic rings. The zero-order valence-corrected chi connectivity index (χ0v) is 12.1. The van der Waals surface area contributed by atoms with Crippen molar-refractivity contribution in [2.45, 2.75) is 18.9 Å². The number of carbonyl (C=O) groups excluding carboxylic acids is 1. The predicted octanol–water partition coefficient (Wildman–Crippen LogP) is 2.05. The van der Waals surface area contributed by atoms with Crippen molar-refractivity contribution in [3.63, 3.8) is 0 Å². The molecule has 0 radical (unpaired) electrons. The van der Waals surface area contributed by atoms with Gasteiger partial charge in [0.25, 0.3) is 11.5 Å². The highest BCUT2D eigenvalue weighted by Crippen LogP contribution is 2.34. The first-order valence-electron chi connectivity index (χ1n) is 5.66. The summed E-state index contributed by atoms with van der Waals surface area (Å²) >= 11 is 4.32. The minimum Gasteiger partial charge on any atom is -0.311 e. The number of nitrogens with one attached hydrogen (secondary N) is 1. The monoisotopic (exact) mass is 340 g/mol. The fourth-order valence-corrected chi connectivity index (χ4v) is 2.58. The number of aromatic nitrogens is 3. The topological polar surface area (TPSA) is 76.9 Å². The Morgan fingerprint density at radius 2 is 2.32 bits per heavy atom. The highest BCUT2D eigenvalue weighted by atomic mass is 79.9. The van der Waals surface area contributed by atoms with Gasteiger partial charge in [-0.05, 0) is 34.8 Å². The van der Waals surface area contributed by atoms with Crippen molar-refractivity contribution < 1.29 is 4.79 Å². The van der Waals surface area contributed by atoms with Gasteiger partial charge in [-0.2, -0.15) is 8.75 Å². The van der Waals surface area contributed by atoms with Gasteiger partial charge in [0.1, 0.15) is 5.56 Å². The number of hydrogen-bond donors (Lipinski definition) is 1. The third-order valence-corrected chi connectivity index (χ3v) is 3.71. The molecule has 19 heavy (non-hydrogen) atoms. The minimum absolute atomic E-state index is 0.106. The molecule has 8 heteroatoms. The lowest BCUT2D eigenvalue weighted by Gasteiger charge is -2.07. The zero-order chi connectivity index (χ0) is 13.4. The Morgan fingerprint density at radius 3 is 2.95 bits per heavy atom. The smallest absolute Gasteiger partial charge is 0.263 e. The normalized spacial score (nSPS) is 14.4. The van der Waals surface area contributed by atoms with E-state index in [-0.39, 0.29) is 17.2 Å². The summed E-state index contributed by atoms with van der Waals surface area (Å²) in [5, 5.41) is 2.56. The number of halogens is 1. The number of amides is 1. The van der Waals surface area contributed by atoms with Crippen molar-refractivity contribution in [1.29, 1.82) is 0 Å². The van der Waals surface area contributed by atoms with E-state index >= 15 is 0 Å². The summed E-state index contributed by atoms with van der Waals surface area (Å²) in [5.74, 6) is -0.110. The van der Waals surface area contributed by atoms with Gasteiger partial charge in [-0.15, -0.1) is 0 Å². The Balaban J connectivity index is 1.95. The maximum atomic E-state index is 12.2. The molecule has 1 saturated carbocycles. The van der Waals surface area contributed by atoms with Crippen LogP contribution in [-0.2, 0) is 0 Å². The molecule has 6 nitrogen and oxygen atoms in total. The van der Waals surface area contributed by atoms with Gasteiger partial charge in [0, 0.05) is 16.7 Å². The number of pyridine rings is 1. The molecule has 0 saturated heterocycles. The lowest BCUT2D eigenvalue weighted by atomic mass is 10.2. The summed E-state index contributed by atoms with van der Waals surface area (Å²) in [6, 6.07) is 1.74. The second kappa shape index (κ2) is 4.86. The summed E-state index contributed by atoms with van der Waals surface area (Å²) in [5.41, 5.74) is -0.166. The molecule has 0 bridgehead atoms. The van der Waals surface area contributed by atoms with Crippen molar-refractivity contribution in [2.24, 2.45) is 0 Å². The highest BCUT2D eigenvalue weighted by Gasteiger charge is 2.26. The molecule has 2 heterocycles. The maximum Gasteiger partial charge on any atom is 0.263 e. The van der Waals surface area contributed by atoms with Crippen LogP contribution in [0, 0.1) is 0 Å². The standard InChI is InChI=1S/C11H9BrN4O2S/c12-6-3-8(10(17)14-9-4-13-19-15-9)11(18)16(5-6)7-1-2-7/h3-5,7H,1-2H2,(H,14,15,17). The van der Waals surface area contributed by atoms with E-state index < -0.39 is 5.91 Å². The molecule has 2 aromatic heterocycles. The van der Waals surface area contributed by atoms with Crippen LogP contribution in [0.2, 0.25) is 0 Å². The van der Waals surface area contributed by atoms with Crippen LogP contribution >= 0.6 is 27.7 Å². The third-order valence-electron chi connectivity index (χ3n) is 2.80. The highest BCUT2D eigenvalue weighted by molar-refractivity contribution is 9.10. The van der Waals surface area contributed by atoms with Gasteiger partial charge in [-0.3, -0.25) is 9.59 Å². The molecule has 1 N–H and O–H groups in total. The van der Waals surface area contributed by atoms with Crippen molar-refractivity contribution in [2.75, 3.05) is 5.32 Å². The molecular weight excluding hydrogens is 332 g/mol. The first-order valence-corrected chi connectivity index (χ1v) is 7.18. The quantitative estimate of drug-likeness (QED) is 0.927. The molecule has 1 amide bonds. The average molecular weight is 341 g/mol. The molecule has 1 aliphatic carbocycles. The van der Waals surface area contributed by atoms with Crippen LogP contribution in [0.5, 0.6) is 0 Å². The van der Waals surface area contributed by atoms with Crippen LogP contribution in [0.3, 0.4) is 0 Å². The molecule has 0 aromatic carbocycles. The van der Waals surface area contributed by atoms with E-state index in [1.807, 2.05) is 0 Å². The van der Waals surface area contributed by atoms with E-state index in [0.29, 0.717) is 10.3 Å². The number of anilines is 1. The van der Waals surface area contributed by atoms with Gasteiger partial charge in [0.2, 0.25) is 0 Å². The van der Waals surface area contributed by atoms with Crippen molar-refractivity contribution in [3.05, 3.63) is 38.9 Å². The van der Waals surface area contributed by atoms with Crippen LogP contribution in [0.15, 0.2) is 27.7 Å². The Hall–Kier alpha value is -1.54. The number of hydrogen-bond acceptors (Lipinski definition) is 5. The zero-order valence-electron chi connectivity index (χ0n) is 9.67. The molecule has 0 atom stereocenters. The van der Waals surface area contributed by atoms with Crippen LogP contribution in [-0.4, -0.2) is 19.2 Å². The van der Waals surface area contributed by atoms with Crippen molar-refractivity contribution in [1.82, 2.24) is 13.3 Å². The fraction of sp³-hybridized carbons (Fsp3) is 0.273. The van der Waals surface area contributed by atoms with E-state index in [0.717, 1.165) is 24.6 Å². The molecule has 1 aliphatic rings. The van der Waals surface area contributed by atoms with Gasteiger partial charge >= 0.3 is 0 Å². The lowest BCUT2D eigenvalue weighted by molar-refractivity contribution is 0.102. The van der Waals surface area contributed by atoms with Crippen molar-refractivity contribution in [3.8, 4) is 0 Å². The van der Waals surface area contributed by atoms with Gasteiger partial charge in [0.05, 0.1) is 17.9 Å². The third kappa shape index (κ3) is 2.59. The van der Waals surface area contributed by atoms with Gasteiger partial charge in [-0.25, -0.2) is 0 Å².